The molecule has 0 bridgehead atoms. The molecule has 0 saturated carbocycles. The minimum absolute atomic E-state index is 0.445. The highest BCUT2D eigenvalue weighted by molar-refractivity contribution is 5.52. The molecule has 0 amide bonds. The summed E-state index contributed by atoms with van der Waals surface area (Å²) < 4.78 is 16.1. The van der Waals surface area contributed by atoms with Crippen molar-refractivity contribution in [2.75, 3.05) is 7.11 Å². The van der Waals surface area contributed by atoms with Gasteiger partial charge < -0.3 is 24.1 Å². The van der Waals surface area contributed by atoms with E-state index in [1.54, 1.807) is 39.0 Å². The SMILES string of the molecule is COc1cc(=O)oc(/C=C/C=C/C=C/C(C)=C/[C@]2(C)O[C@H](C)[C@](C)(O)[C@@H]2O)c1C. The molecule has 0 aromatic carbocycles. The highest BCUT2D eigenvalue weighted by atomic mass is 16.6. The van der Waals surface area contributed by atoms with Crippen LogP contribution < -0.4 is 10.4 Å². The number of aliphatic hydroxyl groups excluding tert-OH is 1. The molecule has 6 heteroatoms. The van der Waals surface area contributed by atoms with Crippen LogP contribution in [0, 0.1) is 6.92 Å². The maximum Gasteiger partial charge on any atom is 0.339 e. The molecule has 2 N–H and O–H groups in total. The van der Waals surface area contributed by atoms with E-state index in [0.717, 1.165) is 11.1 Å². The molecular formula is C23H30O6. The lowest BCUT2D eigenvalue weighted by Crippen LogP contribution is -2.47. The minimum atomic E-state index is -1.30. The summed E-state index contributed by atoms with van der Waals surface area (Å²) in [7, 11) is 1.51. The molecule has 1 aromatic heterocycles. The van der Waals surface area contributed by atoms with Gasteiger partial charge in [0, 0.05) is 5.56 Å². The summed E-state index contributed by atoms with van der Waals surface area (Å²) in [6.07, 6.45) is 11.1. The molecule has 0 unspecified atom stereocenters. The van der Waals surface area contributed by atoms with Gasteiger partial charge in [-0.25, -0.2) is 4.79 Å². The highest BCUT2D eigenvalue weighted by Crippen LogP contribution is 2.39. The zero-order valence-corrected chi connectivity index (χ0v) is 17.8. The monoisotopic (exact) mass is 402 g/mol. The summed E-state index contributed by atoms with van der Waals surface area (Å²) in [6, 6.07) is 1.31. The predicted molar refractivity (Wildman–Crippen MR) is 113 cm³/mol. The van der Waals surface area contributed by atoms with Crippen molar-refractivity contribution in [3.63, 3.8) is 0 Å². The normalized spacial score (nSPS) is 30.8. The van der Waals surface area contributed by atoms with E-state index in [4.69, 9.17) is 13.9 Å². The minimum Gasteiger partial charge on any atom is -0.496 e. The second kappa shape index (κ2) is 8.95. The lowest BCUT2D eigenvalue weighted by atomic mass is 9.86. The second-order valence-corrected chi connectivity index (χ2v) is 7.69. The Balaban J connectivity index is 2.04. The second-order valence-electron chi connectivity index (χ2n) is 7.69. The van der Waals surface area contributed by atoms with E-state index in [9.17, 15) is 15.0 Å². The molecule has 0 spiro atoms. The molecule has 0 aliphatic carbocycles. The third-order valence-electron chi connectivity index (χ3n) is 5.22. The first-order valence-electron chi connectivity index (χ1n) is 9.49. The first-order valence-corrected chi connectivity index (χ1v) is 9.49. The van der Waals surface area contributed by atoms with Crippen molar-refractivity contribution in [1.29, 1.82) is 0 Å². The summed E-state index contributed by atoms with van der Waals surface area (Å²) >= 11 is 0. The number of methoxy groups -OCH3 is 1. The highest BCUT2D eigenvalue weighted by Gasteiger charge is 2.55. The van der Waals surface area contributed by atoms with E-state index in [2.05, 4.69) is 0 Å². The van der Waals surface area contributed by atoms with Crippen molar-refractivity contribution in [1.82, 2.24) is 0 Å². The zero-order valence-electron chi connectivity index (χ0n) is 17.8. The lowest BCUT2D eigenvalue weighted by molar-refractivity contribution is -0.0579. The molecule has 2 heterocycles. The number of aliphatic hydroxyl groups is 2. The van der Waals surface area contributed by atoms with Crippen molar-refractivity contribution >= 4 is 6.08 Å². The Bertz CT molecular complexity index is 902. The quantitative estimate of drug-likeness (QED) is 0.710. The maximum atomic E-state index is 11.5. The van der Waals surface area contributed by atoms with Gasteiger partial charge in [-0.3, -0.25) is 0 Å². The molecule has 6 nitrogen and oxygen atoms in total. The summed E-state index contributed by atoms with van der Waals surface area (Å²) in [6.45, 7) is 8.79. The van der Waals surface area contributed by atoms with Crippen molar-refractivity contribution in [3.05, 3.63) is 69.8 Å². The van der Waals surface area contributed by atoms with Gasteiger partial charge in [0.05, 0.1) is 19.3 Å². The van der Waals surface area contributed by atoms with Gasteiger partial charge >= 0.3 is 5.63 Å². The fourth-order valence-electron chi connectivity index (χ4n) is 3.38. The van der Waals surface area contributed by atoms with Crippen LogP contribution in [0.25, 0.3) is 6.08 Å². The summed E-state index contributed by atoms with van der Waals surface area (Å²) in [5, 5.41) is 20.8. The Morgan fingerprint density at radius 1 is 1.24 bits per heavy atom. The predicted octanol–water partition coefficient (Wildman–Crippen LogP) is 3.32. The molecule has 1 aromatic rings. The van der Waals surface area contributed by atoms with Crippen LogP contribution in [0.5, 0.6) is 5.75 Å². The number of allylic oxidation sites excluding steroid dienone is 6. The third kappa shape index (κ3) is 5.15. The van der Waals surface area contributed by atoms with E-state index >= 15 is 0 Å². The van der Waals surface area contributed by atoms with E-state index in [1.807, 2.05) is 38.2 Å². The fourth-order valence-corrected chi connectivity index (χ4v) is 3.38. The van der Waals surface area contributed by atoms with Crippen LogP contribution in [0.15, 0.2) is 57.3 Å². The Morgan fingerprint density at radius 3 is 2.48 bits per heavy atom. The Hall–Kier alpha value is -2.41. The average Bonchev–Trinajstić information content (AvgIpc) is 2.79. The van der Waals surface area contributed by atoms with Crippen LogP contribution >= 0.6 is 0 Å². The van der Waals surface area contributed by atoms with Gasteiger partial charge in [0.1, 0.15) is 28.8 Å². The molecule has 2 rings (SSSR count). The van der Waals surface area contributed by atoms with Crippen molar-refractivity contribution < 1.29 is 24.1 Å². The smallest absolute Gasteiger partial charge is 0.339 e. The van der Waals surface area contributed by atoms with Gasteiger partial charge in [0.15, 0.2) is 0 Å². The topological polar surface area (TPSA) is 89.1 Å². The summed E-state index contributed by atoms with van der Waals surface area (Å²) in [5.74, 6) is 0.934. The van der Waals surface area contributed by atoms with Gasteiger partial charge in [-0.05, 0) is 46.8 Å². The van der Waals surface area contributed by atoms with Crippen molar-refractivity contribution in [3.8, 4) is 5.75 Å². The zero-order chi connectivity index (χ0) is 21.8. The Kier molecular flexibility index (Phi) is 7.06. The Morgan fingerprint density at radius 2 is 1.90 bits per heavy atom. The molecule has 1 aliphatic heterocycles. The molecule has 1 aliphatic rings. The number of hydrogen-bond acceptors (Lipinski definition) is 6. The number of ether oxygens (including phenoxy) is 2. The first kappa shape index (κ1) is 22.9. The molecule has 1 saturated heterocycles. The molecule has 1 fully saturated rings. The number of hydrogen-bond donors (Lipinski definition) is 2. The van der Waals surface area contributed by atoms with E-state index in [0.29, 0.717) is 11.5 Å². The fraction of sp³-hybridized carbons (Fsp3) is 0.435. The summed E-state index contributed by atoms with van der Waals surface area (Å²) in [4.78, 5) is 11.5. The van der Waals surface area contributed by atoms with Gasteiger partial charge in [-0.1, -0.05) is 36.0 Å². The van der Waals surface area contributed by atoms with Crippen molar-refractivity contribution in [2.24, 2.45) is 0 Å². The Labute approximate surface area is 171 Å². The standard InChI is InChI=1S/C23H30O6/c1-15(14-22(4)21(25)23(5,26)17(3)29-22)11-9-7-8-10-12-18-16(2)19(27-6)13-20(24)28-18/h7-14,17,21,25-26H,1-6H3/b8-7+,11-9+,12-10+,15-14+/t17-,21-,22+,23+/m1/s1. The van der Waals surface area contributed by atoms with Gasteiger partial charge in [-0.2, -0.15) is 0 Å². The van der Waals surface area contributed by atoms with E-state index in [1.165, 1.54) is 13.2 Å². The van der Waals surface area contributed by atoms with Crippen molar-refractivity contribution in [2.45, 2.75) is 58.0 Å². The van der Waals surface area contributed by atoms with Gasteiger partial charge in [0.2, 0.25) is 0 Å². The van der Waals surface area contributed by atoms with Gasteiger partial charge in [-0.15, -0.1) is 0 Å². The van der Waals surface area contributed by atoms with E-state index in [-0.39, 0.29) is 0 Å². The van der Waals surface area contributed by atoms with Crippen LogP contribution in [-0.2, 0) is 4.74 Å². The van der Waals surface area contributed by atoms with Crippen LogP contribution in [0.1, 0.15) is 39.0 Å². The summed E-state index contributed by atoms with van der Waals surface area (Å²) in [5.41, 5.74) is -1.08. The van der Waals surface area contributed by atoms with Crippen LogP contribution in [0.2, 0.25) is 0 Å². The first-order chi connectivity index (χ1) is 13.5. The van der Waals surface area contributed by atoms with Gasteiger partial charge in [0.25, 0.3) is 0 Å². The van der Waals surface area contributed by atoms with Crippen LogP contribution in [0.3, 0.4) is 0 Å². The third-order valence-corrected chi connectivity index (χ3v) is 5.22. The largest absolute Gasteiger partial charge is 0.496 e. The average molecular weight is 402 g/mol. The lowest BCUT2D eigenvalue weighted by Gasteiger charge is -2.28. The van der Waals surface area contributed by atoms with E-state index < -0.39 is 29.0 Å². The van der Waals surface area contributed by atoms with Crippen LogP contribution in [0.4, 0.5) is 0 Å². The molecule has 29 heavy (non-hydrogen) atoms. The molecule has 158 valence electrons. The number of rotatable bonds is 6. The molecule has 4 atom stereocenters. The molecule has 0 radical (unpaired) electrons. The molecular weight excluding hydrogens is 372 g/mol. The van der Waals surface area contributed by atoms with Crippen LogP contribution in [-0.4, -0.2) is 40.7 Å². The maximum absolute atomic E-state index is 11.5.